The summed E-state index contributed by atoms with van der Waals surface area (Å²) in [6, 6.07) is 18.5. The van der Waals surface area contributed by atoms with Crippen LogP contribution in [-0.2, 0) is 0 Å². The zero-order chi connectivity index (χ0) is 23.7. The number of piperidine rings is 1. The number of carbonyl (C=O) groups is 1. The molecule has 2 heterocycles. The van der Waals surface area contributed by atoms with Gasteiger partial charge in [0.05, 0.1) is 15.1 Å². The number of thiazole rings is 1. The van der Waals surface area contributed by atoms with Crippen molar-refractivity contribution in [1.29, 1.82) is 0 Å². The van der Waals surface area contributed by atoms with E-state index in [1.54, 1.807) is 23.5 Å². The molecule has 172 valence electrons. The molecule has 0 atom stereocenters. The minimum atomic E-state index is -0.403. The molecule has 34 heavy (non-hydrogen) atoms. The topological polar surface area (TPSA) is 88.4 Å². The average molecular weight is 473 g/mol. The second-order valence-corrected chi connectivity index (χ2v) is 9.51. The number of hydrogen-bond acceptors (Lipinski definition) is 6. The molecule has 0 aliphatic carbocycles. The highest BCUT2D eigenvalue weighted by atomic mass is 32.1. The van der Waals surface area contributed by atoms with Crippen molar-refractivity contribution in [3.05, 3.63) is 81.9 Å². The summed E-state index contributed by atoms with van der Waals surface area (Å²) < 4.78 is 1.10. The van der Waals surface area contributed by atoms with E-state index in [-0.39, 0.29) is 17.2 Å². The van der Waals surface area contributed by atoms with Gasteiger partial charge in [-0.25, -0.2) is 4.98 Å². The van der Waals surface area contributed by atoms with Gasteiger partial charge in [-0.15, -0.1) is 11.3 Å². The largest absolute Gasteiger partial charge is 0.366 e. The number of hydrogen-bond donors (Lipinski definition) is 1. The number of nitrogens with one attached hydrogen (secondary N) is 1. The zero-order valence-electron chi connectivity index (χ0n) is 18.8. The quantitative estimate of drug-likeness (QED) is 0.267. The summed E-state index contributed by atoms with van der Waals surface area (Å²) in [6.07, 6.45) is 3.17. The number of fused-ring (bicyclic) bond motifs is 1. The number of rotatable bonds is 5. The van der Waals surface area contributed by atoms with Crippen LogP contribution in [0.15, 0.2) is 60.7 Å². The van der Waals surface area contributed by atoms with Crippen LogP contribution in [0.4, 0.5) is 17.1 Å². The maximum absolute atomic E-state index is 13.1. The lowest BCUT2D eigenvalue weighted by atomic mass is 10.1. The molecule has 7 nitrogen and oxygen atoms in total. The van der Waals surface area contributed by atoms with Crippen LogP contribution in [0.1, 0.15) is 35.2 Å². The maximum Gasteiger partial charge on any atom is 0.293 e. The molecular formula is C26H24N4O3S. The third kappa shape index (κ3) is 4.36. The highest BCUT2D eigenvalue weighted by Crippen LogP contribution is 2.34. The summed E-state index contributed by atoms with van der Waals surface area (Å²) in [7, 11) is 0. The number of amides is 1. The molecule has 0 saturated carbocycles. The van der Waals surface area contributed by atoms with Crippen LogP contribution >= 0.6 is 11.3 Å². The normalized spacial score (nSPS) is 13.7. The number of nitrogens with zero attached hydrogens (tertiary/aromatic N) is 3. The van der Waals surface area contributed by atoms with Gasteiger partial charge in [-0.1, -0.05) is 24.3 Å². The van der Waals surface area contributed by atoms with Gasteiger partial charge < -0.3 is 10.2 Å². The molecule has 0 bridgehead atoms. The Kier molecular flexibility index (Phi) is 5.98. The molecule has 1 aliphatic rings. The lowest BCUT2D eigenvalue weighted by Crippen LogP contribution is -2.30. The molecule has 0 unspecified atom stereocenters. The van der Waals surface area contributed by atoms with E-state index >= 15 is 0 Å². The smallest absolute Gasteiger partial charge is 0.293 e. The van der Waals surface area contributed by atoms with Gasteiger partial charge in [0.1, 0.15) is 10.7 Å². The lowest BCUT2D eigenvalue weighted by Gasteiger charge is -2.28. The monoisotopic (exact) mass is 472 g/mol. The molecule has 1 saturated heterocycles. The van der Waals surface area contributed by atoms with Crippen LogP contribution in [0, 0.1) is 17.0 Å². The summed E-state index contributed by atoms with van der Waals surface area (Å²) in [5.41, 5.74) is 4.22. The average Bonchev–Trinajstić information content (AvgIpc) is 3.30. The predicted molar refractivity (Wildman–Crippen MR) is 137 cm³/mol. The van der Waals surface area contributed by atoms with Gasteiger partial charge in [0.15, 0.2) is 0 Å². The highest BCUT2D eigenvalue weighted by Gasteiger charge is 2.23. The van der Waals surface area contributed by atoms with E-state index in [1.807, 2.05) is 54.3 Å². The number of benzene rings is 3. The minimum absolute atomic E-state index is 0.0329. The van der Waals surface area contributed by atoms with Crippen molar-refractivity contribution in [3.8, 4) is 10.6 Å². The predicted octanol–water partition coefficient (Wildman–Crippen LogP) is 6.42. The van der Waals surface area contributed by atoms with E-state index in [9.17, 15) is 14.9 Å². The Morgan fingerprint density at radius 3 is 2.62 bits per heavy atom. The molecule has 3 aromatic carbocycles. The Hall–Kier alpha value is -3.78. The molecular weight excluding hydrogens is 448 g/mol. The van der Waals surface area contributed by atoms with Crippen LogP contribution in [0.3, 0.4) is 0 Å². The second kappa shape index (κ2) is 9.23. The molecule has 0 radical (unpaired) electrons. The molecule has 0 spiro atoms. The Bertz CT molecular complexity index is 1360. The first-order chi connectivity index (χ1) is 16.5. The number of nitro benzene ring substituents is 1. The lowest BCUT2D eigenvalue weighted by molar-refractivity contribution is -0.384. The molecule has 1 fully saturated rings. The fraction of sp³-hybridized carbons (Fsp3) is 0.231. The van der Waals surface area contributed by atoms with E-state index in [0.29, 0.717) is 11.4 Å². The first-order valence-corrected chi connectivity index (χ1v) is 12.1. The third-order valence-electron chi connectivity index (χ3n) is 6.16. The highest BCUT2D eigenvalue weighted by molar-refractivity contribution is 7.21. The van der Waals surface area contributed by atoms with Gasteiger partial charge in [0.25, 0.3) is 11.6 Å². The Balaban J connectivity index is 1.42. The number of anilines is 2. The Morgan fingerprint density at radius 2 is 1.85 bits per heavy atom. The van der Waals surface area contributed by atoms with Crippen molar-refractivity contribution in [3.63, 3.8) is 0 Å². The Morgan fingerprint density at radius 1 is 1.06 bits per heavy atom. The number of aromatic nitrogens is 1. The molecule has 1 N–H and O–H groups in total. The van der Waals surface area contributed by atoms with Crippen molar-refractivity contribution in [2.75, 3.05) is 23.3 Å². The summed E-state index contributed by atoms with van der Waals surface area (Å²) in [5, 5.41) is 15.6. The number of nitro groups is 1. The molecule has 4 aromatic rings. The van der Waals surface area contributed by atoms with Crippen molar-refractivity contribution in [2.24, 2.45) is 0 Å². The molecule has 1 aliphatic heterocycles. The number of carbonyl (C=O) groups excluding carboxylic acids is 1. The van der Waals surface area contributed by atoms with Crippen LogP contribution < -0.4 is 10.2 Å². The summed E-state index contributed by atoms with van der Waals surface area (Å²) >= 11 is 1.60. The summed E-state index contributed by atoms with van der Waals surface area (Å²) in [6.45, 7) is 3.51. The van der Waals surface area contributed by atoms with Crippen LogP contribution in [0.5, 0.6) is 0 Å². The SMILES string of the molecule is Cc1ccc(-c2nc3ccccc3s2)cc1NC(=O)c1ccc(N2CCCCC2)c([N+](=O)[O-])c1. The Labute approximate surface area is 201 Å². The van der Waals surface area contributed by atoms with Crippen molar-refractivity contribution < 1.29 is 9.72 Å². The first-order valence-electron chi connectivity index (χ1n) is 11.3. The molecule has 1 aromatic heterocycles. The van der Waals surface area contributed by atoms with E-state index in [0.717, 1.165) is 58.7 Å². The van der Waals surface area contributed by atoms with Gasteiger partial charge >= 0.3 is 0 Å². The van der Waals surface area contributed by atoms with Gasteiger partial charge in [-0.3, -0.25) is 14.9 Å². The maximum atomic E-state index is 13.1. The second-order valence-electron chi connectivity index (χ2n) is 8.48. The molecule has 8 heteroatoms. The summed E-state index contributed by atoms with van der Waals surface area (Å²) in [5.74, 6) is -0.377. The van der Waals surface area contributed by atoms with Crippen molar-refractivity contribution in [2.45, 2.75) is 26.2 Å². The molecule has 5 rings (SSSR count). The van der Waals surface area contributed by atoms with E-state index in [4.69, 9.17) is 4.98 Å². The fourth-order valence-corrected chi connectivity index (χ4v) is 5.25. The molecule has 1 amide bonds. The minimum Gasteiger partial charge on any atom is -0.366 e. The van der Waals surface area contributed by atoms with Crippen molar-refractivity contribution in [1.82, 2.24) is 4.98 Å². The standard InChI is InChI=1S/C26H24N4O3S/c1-17-9-10-19(26-28-20-7-3-4-8-24(20)34-26)15-21(17)27-25(31)18-11-12-22(23(16-18)30(32)33)29-13-5-2-6-14-29/h3-4,7-12,15-16H,2,5-6,13-14H2,1H3,(H,27,31). The van der Waals surface area contributed by atoms with Gasteiger partial charge in [0.2, 0.25) is 0 Å². The van der Waals surface area contributed by atoms with E-state index < -0.39 is 4.92 Å². The van der Waals surface area contributed by atoms with Gasteiger partial charge in [-0.2, -0.15) is 0 Å². The number of para-hydroxylation sites is 1. The number of aryl methyl sites for hydroxylation is 1. The van der Waals surface area contributed by atoms with Crippen molar-refractivity contribution >= 4 is 44.5 Å². The third-order valence-corrected chi connectivity index (χ3v) is 7.24. The van der Waals surface area contributed by atoms with E-state index in [1.165, 1.54) is 6.07 Å². The van der Waals surface area contributed by atoms with Crippen LogP contribution in [0.2, 0.25) is 0 Å². The first kappa shape index (κ1) is 22.0. The fourth-order valence-electron chi connectivity index (χ4n) is 4.29. The van der Waals surface area contributed by atoms with Gasteiger partial charge in [-0.05, 0) is 62.1 Å². The van der Waals surface area contributed by atoms with Gasteiger partial charge in [0, 0.05) is 36.0 Å². The summed E-state index contributed by atoms with van der Waals surface area (Å²) in [4.78, 5) is 31.2. The van der Waals surface area contributed by atoms with Crippen LogP contribution in [-0.4, -0.2) is 28.9 Å². The van der Waals surface area contributed by atoms with Crippen LogP contribution in [0.25, 0.3) is 20.8 Å². The zero-order valence-corrected chi connectivity index (χ0v) is 19.6. The van der Waals surface area contributed by atoms with E-state index in [2.05, 4.69) is 5.32 Å².